The van der Waals surface area contributed by atoms with Crippen LogP contribution in [0, 0.1) is 0 Å². The summed E-state index contributed by atoms with van der Waals surface area (Å²) in [5, 5.41) is 17.8. The zero-order valence-corrected chi connectivity index (χ0v) is 32.1. The normalized spacial score (nSPS) is 12.1. The fourth-order valence-electron chi connectivity index (χ4n) is 9.78. The van der Waals surface area contributed by atoms with Gasteiger partial charge in [0, 0.05) is 36.3 Å². The van der Waals surface area contributed by atoms with E-state index in [4.69, 9.17) is 4.42 Å². The third-order valence-electron chi connectivity index (χ3n) is 12.4. The van der Waals surface area contributed by atoms with Crippen LogP contribution in [0.5, 0.6) is 0 Å². The van der Waals surface area contributed by atoms with Gasteiger partial charge < -0.3 is 4.42 Å². The maximum absolute atomic E-state index is 6.22. The molecule has 0 aliphatic rings. The molecule has 0 N–H and O–H groups in total. The van der Waals surface area contributed by atoms with Crippen molar-refractivity contribution in [3.05, 3.63) is 194 Å². The first-order chi connectivity index (χ1) is 28.7. The first-order valence-electron chi connectivity index (χ1n) is 19.9. The Morgan fingerprint density at radius 3 is 1.53 bits per heavy atom. The van der Waals surface area contributed by atoms with Crippen LogP contribution < -0.4 is 0 Å². The lowest BCUT2D eigenvalue weighted by molar-refractivity contribution is 0.669. The quantitative estimate of drug-likeness (QED) is 0.129. The van der Waals surface area contributed by atoms with Gasteiger partial charge in [0.25, 0.3) is 0 Å². The fourth-order valence-corrected chi connectivity index (χ4v) is 11.1. The molecule has 0 spiro atoms. The third-order valence-corrected chi connectivity index (χ3v) is 13.6. The number of hydrogen-bond acceptors (Lipinski definition) is 2. The predicted octanol–water partition coefficient (Wildman–Crippen LogP) is 16.7. The Morgan fingerprint density at radius 2 is 0.810 bits per heavy atom. The molecule has 0 bridgehead atoms. The molecule has 58 heavy (non-hydrogen) atoms. The van der Waals surface area contributed by atoms with Gasteiger partial charge in [0.05, 0.1) is 0 Å². The minimum absolute atomic E-state index is 0.914. The van der Waals surface area contributed by atoms with Crippen molar-refractivity contribution in [3.8, 4) is 33.4 Å². The van der Waals surface area contributed by atoms with Crippen molar-refractivity contribution in [2.75, 3.05) is 0 Å². The second kappa shape index (κ2) is 12.1. The van der Waals surface area contributed by atoms with Gasteiger partial charge in [-0.1, -0.05) is 158 Å². The first-order valence-corrected chi connectivity index (χ1v) is 20.7. The van der Waals surface area contributed by atoms with E-state index in [1.165, 1.54) is 107 Å². The zero-order chi connectivity index (χ0) is 37.9. The zero-order valence-electron chi connectivity index (χ0n) is 31.3. The van der Waals surface area contributed by atoms with E-state index < -0.39 is 0 Å². The molecule has 0 unspecified atom stereocenters. The molecule has 0 amide bonds. The van der Waals surface area contributed by atoms with E-state index >= 15 is 0 Å². The van der Waals surface area contributed by atoms with E-state index in [0.717, 1.165) is 21.9 Å². The molecule has 268 valence electrons. The van der Waals surface area contributed by atoms with Crippen LogP contribution in [0.4, 0.5) is 0 Å². The van der Waals surface area contributed by atoms with E-state index in [1.54, 1.807) is 0 Å². The number of hydrogen-bond donors (Lipinski definition) is 0. The topological polar surface area (TPSA) is 13.1 Å². The number of fused-ring (bicyclic) bond motifs is 14. The number of rotatable bonds is 3. The summed E-state index contributed by atoms with van der Waals surface area (Å²) in [5.41, 5.74) is 9.19. The molecule has 0 aliphatic carbocycles. The van der Waals surface area contributed by atoms with Crippen molar-refractivity contribution in [1.82, 2.24) is 0 Å². The van der Waals surface area contributed by atoms with Gasteiger partial charge in [0.2, 0.25) is 0 Å². The molecule has 0 atom stereocenters. The Morgan fingerprint density at radius 1 is 0.293 bits per heavy atom. The minimum Gasteiger partial charge on any atom is -0.456 e. The first kappa shape index (κ1) is 31.9. The van der Waals surface area contributed by atoms with Gasteiger partial charge in [-0.15, -0.1) is 11.3 Å². The molecule has 1 nitrogen and oxygen atoms in total. The van der Waals surface area contributed by atoms with Gasteiger partial charge in [-0.05, 0) is 118 Å². The Labute approximate surface area is 337 Å². The van der Waals surface area contributed by atoms with Gasteiger partial charge in [-0.25, -0.2) is 0 Å². The molecule has 2 aromatic heterocycles. The molecular formula is C56H32OS. The number of furan rings is 1. The van der Waals surface area contributed by atoms with Gasteiger partial charge in [-0.2, -0.15) is 0 Å². The van der Waals surface area contributed by atoms with Gasteiger partial charge in [0.15, 0.2) is 0 Å². The standard InChI is InChI=1S/C56H32OS/c1-2-12-36-32-52-49(30-35(36)11-1)55-41-15-4-3-13-39(41)47-29-37(25-27-46(47)56(55)58-52)33-21-23-34(24-22-33)53-42-16-5-7-18-44(42)54(45-19-8-6-17-43(45)53)38-26-28-51-48(31-38)40-14-9-10-20-50(40)57-51/h1-32H. The summed E-state index contributed by atoms with van der Waals surface area (Å²) < 4.78 is 8.92. The van der Waals surface area contributed by atoms with Crippen LogP contribution in [-0.4, -0.2) is 0 Å². The summed E-state index contributed by atoms with van der Waals surface area (Å²) in [5.74, 6) is 0. The lowest BCUT2D eigenvalue weighted by Gasteiger charge is -2.18. The monoisotopic (exact) mass is 752 g/mol. The molecule has 11 aromatic carbocycles. The van der Waals surface area contributed by atoms with Crippen molar-refractivity contribution in [2.45, 2.75) is 0 Å². The Hall–Kier alpha value is -7.26. The minimum atomic E-state index is 0.914. The average molecular weight is 753 g/mol. The largest absolute Gasteiger partial charge is 0.456 e. The van der Waals surface area contributed by atoms with E-state index in [9.17, 15) is 0 Å². The summed E-state index contributed by atoms with van der Waals surface area (Å²) in [6, 6.07) is 71.5. The summed E-state index contributed by atoms with van der Waals surface area (Å²) in [4.78, 5) is 0. The molecular weight excluding hydrogens is 721 g/mol. The molecule has 13 aromatic rings. The van der Waals surface area contributed by atoms with Crippen molar-refractivity contribution in [2.24, 2.45) is 0 Å². The highest BCUT2D eigenvalue weighted by atomic mass is 32.1. The van der Waals surface area contributed by atoms with Crippen LogP contribution in [0.25, 0.3) is 129 Å². The Kier molecular flexibility index (Phi) is 6.66. The second-order valence-corrected chi connectivity index (χ2v) is 16.6. The molecule has 2 heteroatoms. The van der Waals surface area contributed by atoms with Gasteiger partial charge in [-0.3, -0.25) is 0 Å². The van der Waals surface area contributed by atoms with E-state index in [1.807, 2.05) is 23.5 Å². The van der Waals surface area contributed by atoms with Gasteiger partial charge in [0.1, 0.15) is 11.2 Å². The van der Waals surface area contributed by atoms with Crippen LogP contribution in [0.2, 0.25) is 0 Å². The summed E-state index contributed by atoms with van der Waals surface area (Å²) >= 11 is 1.92. The summed E-state index contributed by atoms with van der Waals surface area (Å²) in [7, 11) is 0. The SMILES string of the molecule is c1ccc2cc3c(cc2c1)sc1c2ccc(-c4ccc(-c5c6ccccc6c(-c6ccc7oc8ccccc8c7c6)c6ccccc56)cc4)cc2c2ccccc2c31. The highest BCUT2D eigenvalue weighted by Gasteiger charge is 2.19. The Balaban J connectivity index is 0.968. The second-order valence-electron chi connectivity index (χ2n) is 15.5. The van der Waals surface area contributed by atoms with Crippen LogP contribution in [0.1, 0.15) is 0 Å². The lowest BCUT2D eigenvalue weighted by Crippen LogP contribution is -1.91. The Bertz CT molecular complexity index is 3790. The van der Waals surface area contributed by atoms with Crippen molar-refractivity contribution < 1.29 is 4.42 Å². The van der Waals surface area contributed by atoms with E-state index in [0.29, 0.717) is 0 Å². The van der Waals surface area contributed by atoms with E-state index in [2.05, 4.69) is 182 Å². The smallest absolute Gasteiger partial charge is 0.135 e. The molecule has 0 radical (unpaired) electrons. The maximum atomic E-state index is 6.22. The van der Waals surface area contributed by atoms with Gasteiger partial charge >= 0.3 is 0 Å². The molecule has 0 aliphatic heterocycles. The van der Waals surface area contributed by atoms with Crippen molar-refractivity contribution >= 4 is 107 Å². The summed E-state index contributed by atoms with van der Waals surface area (Å²) in [6.07, 6.45) is 0. The van der Waals surface area contributed by atoms with Crippen LogP contribution in [0.3, 0.4) is 0 Å². The van der Waals surface area contributed by atoms with Crippen molar-refractivity contribution in [3.63, 3.8) is 0 Å². The maximum Gasteiger partial charge on any atom is 0.135 e. The molecule has 2 heterocycles. The number of thiophene rings is 1. The third kappa shape index (κ3) is 4.58. The predicted molar refractivity (Wildman–Crippen MR) is 250 cm³/mol. The summed E-state index contributed by atoms with van der Waals surface area (Å²) in [6.45, 7) is 0. The molecule has 0 saturated heterocycles. The highest BCUT2D eigenvalue weighted by Crippen LogP contribution is 2.47. The van der Waals surface area contributed by atoms with Crippen LogP contribution in [0.15, 0.2) is 199 Å². The van der Waals surface area contributed by atoms with Crippen LogP contribution >= 0.6 is 11.3 Å². The molecule has 0 fully saturated rings. The number of para-hydroxylation sites is 1. The number of benzene rings is 11. The average Bonchev–Trinajstić information content (AvgIpc) is 3.85. The highest BCUT2D eigenvalue weighted by molar-refractivity contribution is 7.27. The fraction of sp³-hybridized carbons (Fsp3) is 0. The lowest BCUT2D eigenvalue weighted by atomic mass is 9.85. The van der Waals surface area contributed by atoms with Crippen LogP contribution in [-0.2, 0) is 0 Å². The molecule has 13 rings (SSSR count). The van der Waals surface area contributed by atoms with E-state index in [-0.39, 0.29) is 0 Å². The van der Waals surface area contributed by atoms with Crippen molar-refractivity contribution in [1.29, 1.82) is 0 Å². The molecule has 0 saturated carbocycles.